The molecule has 0 spiro atoms. The number of aryl methyl sites for hydroxylation is 1. The number of aliphatic imine (C=N–C) groups is 1. The number of para-hydroxylation sites is 1. The Bertz CT molecular complexity index is 609. The molecule has 21 heavy (non-hydrogen) atoms. The molecule has 2 aromatic carbocycles. The van der Waals surface area contributed by atoms with Crippen LogP contribution in [0.15, 0.2) is 53.5 Å². The van der Waals surface area contributed by atoms with Crippen LogP contribution in [0.2, 0.25) is 0 Å². The molecule has 2 rings (SSSR count). The van der Waals surface area contributed by atoms with E-state index in [0.717, 1.165) is 23.4 Å². The van der Waals surface area contributed by atoms with Crippen molar-refractivity contribution < 1.29 is 4.74 Å². The fourth-order valence-electron chi connectivity index (χ4n) is 2.03. The molecule has 0 fully saturated rings. The van der Waals surface area contributed by atoms with Gasteiger partial charge in [-0.15, -0.1) is 0 Å². The van der Waals surface area contributed by atoms with Crippen LogP contribution in [0.4, 0.5) is 5.69 Å². The van der Waals surface area contributed by atoms with Crippen molar-refractivity contribution in [1.82, 2.24) is 0 Å². The lowest BCUT2D eigenvalue weighted by Gasteiger charge is -2.07. The van der Waals surface area contributed by atoms with Crippen molar-refractivity contribution in [3.05, 3.63) is 59.7 Å². The van der Waals surface area contributed by atoms with E-state index in [4.69, 9.17) is 10.5 Å². The highest BCUT2D eigenvalue weighted by Crippen LogP contribution is 2.19. The van der Waals surface area contributed by atoms with E-state index in [1.54, 1.807) is 7.11 Å². The van der Waals surface area contributed by atoms with Gasteiger partial charge in [0.1, 0.15) is 5.75 Å². The second-order valence-corrected chi connectivity index (χ2v) is 4.81. The molecule has 0 aliphatic carbocycles. The van der Waals surface area contributed by atoms with Crippen molar-refractivity contribution in [2.24, 2.45) is 10.7 Å². The average molecular weight is 283 g/mol. The molecule has 0 radical (unpaired) electrons. The zero-order valence-corrected chi connectivity index (χ0v) is 12.5. The average Bonchev–Trinajstić information content (AvgIpc) is 2.50. The van der Waals surface area contributed by atoms with Gasteiger partial charge in [-0.25, -0.2) is 0 Å². The molecule has 0 bridgehead atoms. The molecule has 4 nitrogen and oxygen atoms in total. The second kappa shape index (κ2) is 7.33. The molecule has 0 aliphatic rings. The summed E-state index contributed by atoms with van der Waals surface area (Å²) in [5, 5.41) is 3.06. The van der Waals surface area contributed by atoms with Gasteiger partial charge < -0.3 is 15.8 Å². The molecule has 0 amide bonds. The molecule has 110 valence electrons. The van der Waals surface area contributed by atoms with Crippen LogP contribution >= 0.6 is 0 Å². The highest BCUT2D eigenvalue weighted by Gasteiger charge is 2.00. The summed E-state index contributed by atoms with van der Waals surface area (Å²) in [5.74, 6) is 1.34. The van der Waals surface area contributed by atoms with Crippen molar-refractivity contribution in [2.45, 2.75) is 13.3 Å². The molecule has 0 saturated carbocycles. The number of methoxy groups -OCH3 is 1. The first-order chi connectivity index (χ1) is 10.2. The standard InChI is InChI=1S/C17H21N3O/c1-13-8-9-14(12-16(13)21-2)10-11-19-17(18)20-15-6-4-3-5-7-15/h3-9,12H,10-11H2,1-2H3,(H3,18,19,20). The van der Waals surface area contributed by atoms with E-state index >= 15 is 0 Å². The van der Waals surface area contributed by atoms with Crippen LogP contribution in [0, 0.1) is 6.92 Å². The molecule has 0 aromatic heterocycles. The van der Waals surface area contributed by atoms with Crippen LogP contribution < -0.4 is 15.8 Å². The van der Waals surface area contributed by atoms with E-state index in [0.29, 0.717) is 12.5 Å². The zero-order chi connectivity index (χ0) is 15.1. The van der Waals surface area contributed by atoms with E-state index < -0.39 is 0 Å². The van der Waals surface area contributed by atoms with E-state index in [9.17, 15) is 0 Å². The maximum Gasteiger partial charge on any atom is 0.193 e. The number of anilines is 1. The van der Waals surface area contributed by atoms with Gasteiger partial charge in [0.25, 0.3) is 0 Å². The van der Waals surface area contributed by atoms with Crippen LogP contribution in [0.3, 0.4) is 0 Å². The van der Waals surface area contributed by atoms with Gasteiger partial charge >= 0.3 is 0 Å². The predicted octanol–water partition coefficient (Wildman–Crippen LogP) is 2.97. The fraction of sp³-hybridized carbons (Fsp3) is 0.235. The van der Waals surface area contributed by atoms with Crippen LogP contribution in [0.25, 0.3) is 0 Å². The second-order valence-electron chi connectivity index (χ2n) is 4.81. The van der Waals surface area contributed by atoms with Crippen LogP contribution in [-0.4, -0.2) is 19.6 Å². The lowest BCUT2D eigenvalue weighted by Crippen LogP contribution is -2.23. The van der Waals surface area contributed by atoms with Gasteiger partial charge in [0.05, 0.1) is 7.11 Å². The summed E-state index contributed by atoms with van der Waals surface area (Å²) >= 11 is 0. The molecule has 0 atom stereocenters. The molecule has 3 N–H and O–H groups in total. The van der Waals surface area contributed by atoms with Crippen molar-refractivity contribution in [2.75, 3.05) is 19.0 Å². The summed E-state index contributed by atoms with van der Waals surface area (Å²) in [6.45, 7) is 2.67. The molecular formula is C17H21N3O. The van der Waals surface area contributed by atoms with Gasteiger partial charge in [0, 0.05) is 12.2 Å². The van der Waals surface area contributed by atoms with Gasteiger partial charge in [-0.1, -0.05) is 30.3 Å². The number of nitrogens with one attached hydrogen (secondary N) is 1. The van der Waals surface area contributed by atoms with Gasteiger partial charge in [0.15, 0.2) is 5.96 Å². The number of nitrogens with zero attached hydrogens (tertiary/aromatic N) is 1. The summed E-state index contributed by atoms with van der Waals surface area (Å²) in [7, 11) is 1.69. The van der Waals surface area contributed by atoms with E-state index in [1.165, 1.54) is 5.56 Å². The molecule has 0 heterocycles. The Morgan fingerprint density at radius 2 is 1.95 bits per heavy atom. The predicted molar refractivity (Wildman–Crippen MR) is 88.0 cm³/mol. The lowest BCUT2D eigenvalue weighted by molar-refractivity contribution is 0.411. The SMILES string of the molecule is COc1cc(CCN=C(N)Nc2ccccc2)ccc1C. The first-order valence-electron chi connectivity index (χ1n) is 6.94. The third-order valence-electron chi connectivity index (χ3n) is 3.20. The Hall–Kier alpha value is -2.49. The van der Waals surface area contributed by atoms with E-state index in [2.05, 4.69) is 22.4 Å². The minimum atomic E-state index is 0.431. The Morgan fingerprint density at radius 1 is 1.19 bits per heavy atom. The van der Waals surface area contributed by atoms with E-state index in [1.807, 2.05) is 43.3 Å². The van der Waals surface area contributed by atoms with Crippen molar-refractivity contribution in [3.63, 3.8) is 0 Å². The minimum Gasteiger partial charge on any atom is -0.496 e. The number of nitrogens with two attached hydrogens (primary N) is 1. The number of ether oxygens (including phenoxy) is 1. The smallest absolute Gasteiger partial charge is 0.193 e. The minimum absolute atomic E-state index is 0.431. The van der Waals surface area contributed by atoms with Crippen LogP contribution in [0.1, 0.15) is 11.1 Å². The summed E-state index contributed by atoms with van der Waals surface area (Å²) < 4.78 is 5.32. The number of benzene rings is 2. The number of hydrogen-bond donors (Lipinski definition) is 2. The third-order valence-corrected chi connectivity index (χ3v) is 3.20. The van der Waals surface area contributed by atoms with Gasteiger partial charge in [0.2, 0.25) is 0 Å². The lowest BCUT2D eigenvalue weighted by atomic mass is 10.1. The molecule has 4 heteroatoms. The Kier molecular flexibility index (Phi) is 5.21. The summed E-state index contributed by atoms with van der Waals surface area (Å²) in [4.78, 5) is 4.34. The first kappa shape index (κ1) is 14.9. The highest BCUT2D eigenvalue weighted by atomic mass is 16.5. The summed E-state index contributed by atoms with van der Waals surface area (Å²) in [6, 6.07) is 16.0. The normalized spacial score (nSPS) is 11.2. The highest BCUT2D eigenvalue weighted by molar-refractivity contribution is 5.92. The van der Waals surface area contributed by atoms with Crippen molar-refractivity contribution in [3.8, 4) is 5.75 Å². The van der Waals surface area contributed by atoms with Crippen LogP contribution in [-0.2, 0) is 6.42 Å². The van der Waals surface area contributed by atoms with Crippen LogP contribution in [0.5, 0.6) is 5.75 Å². The van der Waals surface area contributed by atoms with Gasteiger partial charge in [-0.2, -0.15) is 0 Å². The fourth-order valence-corrected chi connectivity index (χ4v) is 2.03. The van der Waals surface area contributed by atoms with Gasteiger partial charge in [-0.05, 0) is 42.7 Å². The summed E-state index contributed by atoms with van der Waals surface area (Å²) in [6.07, 6.45) is 0.827. The van der Waals surface area contributed by atoms with Crippen molar-refractivity contribution >= 4 is 11.6 Å². The third kappa shape index (κ3) is 4.53. The number of hydrogen-bond acceptors (Lipinski definition) is 2. The monoisotopic (exact) mass is 283 g/mol. The number of rotatable bonds is 5. The molecule has 2 aromatic rings. The molecular weight excluding hydrogens is 262 g/mol. The Balaban J connectivity index is 1.89. The van der Waals surface area contributed by atoms with Gasteiger partial charge in [-0.3, -0.25) is 4.99 Å². The molecule has 0 unspecified atom stereocenters. The largest absolute Gasteiger partial charge is 0.496 e. The maximum absolute atomic E-state index is 5.86. The Labute approximate surface area is 125 Å². The summed E-state index contributed by atoms with van der Waals surface area (Å²) in [5.41, 5.74) is 9.13. The quantitative estimate of drug-likeness (QED) is 0.655. The zero-order valence-electron chi connectivity index (χ0n) is 12.5. The maximum atomic E-state index is 5.86. The van der Waals surface area contributed by atoms with Crippen molar-refractivity contribution in [1.29, 1.82) is 0 Å². The topological polar surface area (TPSA) is 59.6 Å². The Morgan fingerprint density at radius 3 is 2.67 bits per heavy atom. The number of guanidine groups is 1. The molecule has 0 aliphatic heterocycles. The first-order valence-corrected chi connectivity index (χ1v) is 6.94. The molecule has 0 saturated heterocycles. The van der Waals surface area contributed by atoms with E-state index in [-0.39, 0.29) is 0 Å².